The van der Waals surface area contributed by atoms with Gasteiger partial charge in [-0.15, -0.1) is 0 Å². The normalized spacial score (nSPS) is 19.1. The second-order valence-corrected chi connectivity index (χ2v) is 5.57. The number of thioether (sulfide) groups is 1. The molecule has 0 amide bonds. The highest BCUT2D eigenvalue weighted by molar-refractivity contribution is 8.00. The van der Waals surface area contributed by atoms with Gasteiger partial charge in [0.25, 0.3) is 0 Å². The largest absolute Gasteiger partial charge is 0.493 e. The van der Waals surface area contributed by atoms with E-state index in [0.29, 0.717) is 5.75 Å². The number of aliphatic hydroxyl groups excluding tert-OH is 1. The third kappa shape index (κ3) is 4.31. The lowest BCUT2D eigenvalue weighted by atomic mass is 9.89. The van der Waals surface area contributed by atoms with Gasteiger partial charge in [-0.1, -0.05) is 6.07 Å². The minimum Gasteiger partial charge on any atom is -0.493 e. The highest BCUT2D eigenvalue weighted by Crippen LogP contribution is 2.33. The maximum absolute atomic E-state index is 11.9. The van der Waals surface area contributed by atoms with Crippen molar-refractivity contribution in [3.63, 3.8) is 0 Å². The number of aryl methyl sites for hydroxylation is 1. The van der Waals surface area contributed by atoms with E-state index in [9.17, 15) is 18.3 Å². The predicted molar refractivity (Wildman–Crippen MR) is 68.3 cm³/mol. The molecule has 1 atom stereocenters. The van der Waals surface area contributed by atoms with Crippen LogP contribution >= 0.6 is 11.8 Å². The van der Waals surface area contributed by atoms with Crippen LogP contribution in [0.15, 0.2) is 18.2 Å². The Hall–Kier alpha value is -0.880. The van der Waals surface area contributed by atoms with Gasteiger partial charge in [0.2, 0.25) is 0 Å². The number of halogens is 3. The summed E-state index contributed by atoms with van der Waals surface area (Å²) < 4.78 is 41.1. The Bertz CT molecular complexity index is 434. The van der Waals surface area contributed by atoms with E-state index in [1.54, 1.807) is 12.1 Å². The predicted octanol–water partition coefficient (Wildman–Crippen LogP) is 3.69. The lowest BCUT2D eigenvalue weighted by molar-refractivity contribution is -0.0329. The van der Waals surface area contributed by atoms with E-state index in [2.05, 4.69) is 0 Å². The highest BCUT2D eigenvalue weighted by atomic mass is 32.2. The molecule has 0 fully saturated rings. The summed E-state index contributed by atoms with van der Waals surface area (Å²) in [6.07, 6.45) is 2.12. The molecule has 0 saturated heterocycles. The van der Waals surface area contributed by atoms with E-state index in [-0.39, 0.29) is 24.1 Å². The molecule has 19 heavy (non-hydrogen) atoms. The third-order valence-corrected chi connectivity index (χ3v) is 3.72. The van der Waals surface area contributed by atoms with Crippen molar-refractivity contribution in [3.8, 4) is 5.75 Å². The monoisotopic (exact) mass is 292 g/mol. The van der Waals surface area contributed by atoms with Gasteiger partial charge >= 0.3 is 5.51 Å². The van der Waals surface area contributed by atoms with E-state index >= 15 is 0 Å². The van der Waals surface area contributed by atoms with Gasteiger partial charge in [0.15, 0.2) is 0 Å². The number of ether oxygens (including phenoxy) is 1. The molecule has 106 valence electrons. The van der Waals surface area contributed by atoms with Crippen molar-refractivity contribution in [1.82, 2.24) is 0 Å². The number of hydrogen-bond acceptors (Lipinski definition) is 3. The molecule has 0 aromatic heterocycles. The lowest BCUT2D eigenvalue weighted by Gasteiger charge is -2.22. The smallest absolute Gasteiger partial charge is 0.441 e. The summed E-state index contributed by atoms with van der Waals surface area (Å²) in [5, 5.41) is 9.86. The third-order valence-electron chi connectivity index (χ3n) is 3.02. The fraction of sp³-hybridized carbons (Fsp3) is 0.538. The first-order valence-corrected chi connectivity index (χ1v) is 7.08. The van der Waals surface area contributed by atoms with Crippen LogP contribution in [0, 0.1) is 0 Å². The molecule has 0 aliphatic heterocycles. The zero-order chi connectivity index (χ0) is 13.9. The fourth-order valence-corrected chi connectivity index (χ4v) is 2.56. The van der Waals surface area contributed by atoms with Crippen molar-refractivity contribution in [2.45, 2.75) is 30.9 Å². The standard InChI is InChI=1S/C13H15F3O2S/c14-13(15,16)19-7-6-18-10-5-4-9-2-1-3-12(17)11(9)8-10/h4-5,8,12,17H,1-3,6-7H2. The Morgan fingerprint density at radius 1 is 1.37 bits per heavy atom. The molecule has 0 radical (unpaired) electrons. The van der Waals surface area contributed by atoms with E-state index in [1.807, 2.05) is 6.07 Å². The Labute approximate surface area is 114 Å². The SMILES string of the molecule is OC1CCCc2ccc(OCCSC(F)(F)F)cc21. The molecule has 6 heteroatoms. The molecule has 1 aromatic carbocycles. The minimum atomic E-state index is -4.21. The topological polar surface area (TPSA) is 29.5 Å². The van der Waals surface area contributed by atoms with Gasteiger partial charge < -0.3 is 9.84 Å². The molecule has 1 aliphatic carbocycles. The van der Waals surface area contributed by atoms with Gasteiger partial charge in [0.1, 0.15) is 5.75 Å². The van der Waals surface area contributed by atoms with E-state index in [1.165, 1.54) is 0 Å². The van der Waals surface area contributed by atoms with Crippen molar-refractivity contribution in [3.05, 3.63) is 29.3 Å². The summed E-state index contributed by atoms with van der Waals surface area (Å²) in [7, 11) is 0. The fourth-order valence-electron chi connectivity index (χ4n) is 2.16. The van der Waals surface area contributed by atoms with Crippen LogP contribution in [-0.4, -0.2) is 23.0 Å². The van der Waals surface area contributed by atoms with Crippen LogP contribution in [0.4, 0.5) is 13.2 Å². The molecular formula is C13H15F3O2S. The first kappa shape index (κ1) is 14.5. The van der Waals surface area contributed by atoms with Crippen LogP contribution < -0.4 is 4.74 Å². The van der Waals surface area contributed by atoms with Crippen LogP contribution in [0.5, 0.6) is 5.75 Å². The van der Waals surface area contributed by atoms with Gasteiger partial charge in [0, 0.05) is 5.75 Å². The van der Waals surface area contributed by atoms with Gasteiger partial charge in [-0.05, 0) is 54.3 Å². The highest BCUT2D eigenvalue weighted by Gasteiger charge is 2.27. The lowest BCUT2D eigenvalue weighted by Crippen LogP contribution is -2.10. The summed E-state index contributed by atoms with van der Waals surface area (Å²) >= 11 is -0.0922. The van der Waals surface area contributed by atoms with Crippen molar-refractivity contribution in [2.75, 3.05) is 12.4 Å². The average Bonchev–Trinajstić information content (AvgIpc) is 2.34. The number of aliphatic hydroxyl groups is 1. The van der Waals surface area contributed by atoms with Crippen LogP contribution in [0.1, 0.15) is 30.1 Å². The molecule has 0 spiro atoms. The summed E-state index contributed by atoms with van der Waals surface area (Å²) in [5.74, 6) is 0.380. The van der Waals surface area contributed by atoms with Crippen molar-refractivity contribution < 1.29 is 23.0 Å². The average molecular weight is 292 g/mol. The number of benzene rings is 1. The second-order valence-electron chi connectivity index (χ2n) is 4.41. The number of rotatable bonds is 4. The van der Waals surface area contributed by atoms with Gasteiger partial charge in [-0.25, -0.2) is 0 Å². The molecule has 1 unspecified atom stereocenters. The summed E-state index contributed by atoms with van der Waals surface area (Å²) in [6, 6.07) is 5.36. The molecule has 1 aromatic rings. The van der Waals surface area contributed by atoms with E-state index < -0.39 is 11.6 Å². The Morgan fingerprint density at radius 3 is 2.89 bits per heavy atom. The van der Waals surface area contributed by atoms with Gasteiger partial charge in [-0.2, -0.15) is 13.2 Å². The summed E-state index contributed by atoms with van der Waals surface area (Å²) in [4.78, 5) is 0. The first-order valence-electron chi connectivity index (χ1n) is 6.10. The second kappa shape index (κ2) is 6.05. The Morgan fingerprint density at radius 2 is 2.16 bits per heavy atom. The van der Waals surface area contributed by atoms with Crippen LogP contribution in [0.2, 0.25) is 0 Å². The molecule has 0 bridgehead atoms. The van der Waals surface area contributed by atoms with Gasteiger partial charge in [0.05, 0.1) is 12.7 Å². The minimum absolute atomic E-state index is 0.000934. The molecule has 0 heterocycles. The molecule has 0 saturated carbocycles. The van der Waals surface area contributed by atoms with Crippen LogP contribution in [0.3, 0.4) is 0 Å². The maximum Gasteiger partial charge on any atom is 0.441 e. The van der Waals surface area contributed by atoms with Crippen molar-refractivity contribution in [2.24, 2.45) is 0 Å². The number of alkyl halides is 3. The quantitative estimate of drug-likeness (QED) is 0.858. The Balaban J connectivity index is 1.89. The van der Waals surface area contributed by atoms with E-state index in [4.69, 9.17) is 4.74 Å². The zero-order valence-corrected chi connectivity index (χ0v) is 11.1. The Kier molecular flexibility index (Phi) is 4.62. The number of fused-ring (bicyclic) bond motifs is 1. The molecule has 1 aliphatic rings. The molecule has 2 rings (SSSR count). The zero-order valence-electron chi connectivity index (χ0n) is 10.2. The molecule has 1 N–H and O–H groups in total. The molecular weight excluding hydrogens is 277 g/mol. The summed E-state index contributed by atoms with van der Waals surface area (Å²) in [5.41, 5.74) is -2.28. The van der Waals surface area contributed by atoms with Gasteiger partial charge in [-0.3, -0.25) is 0 Å². The maximum atomic E-state index is 11.9. The molecule has 2 nitrogen and oxygen atoms in total. The van der Waals surface area contributed by atoms with E-state index in [0.717, 1.165) is 30.4 Å². The van der Waals surface area contributed by atoms with Crippen molar-refractivity contribution >= 4 is 11.8 Å². The van der Waals surface area contributed by atoms with Crippen LogP contribution in [0.25, 0.3) is 0 Å². The summed E-state index contributed by atoms with van der Waals surface area (Å²) in [6.45, 7) is -0.000934. The first-order chi connectivity index (χ1) is 8.96. The van der Waals surface area contributed by atoms with Crippen molar-refractivity contribution in [1.29, 1.82) is 0 Å². The number of hydrogen-bond donors (Lipinski definition) is 1. The van der Waals surface area contributed by atoms with Crippen LogP contribution in [-0.2, 0) is 6.42 Å².